The summed E-state index contributed by atoms with van der Waals surface area (Å²) < 4.78 is 76.1. The third-order valence-electron chi connectivity index (χ3n) is 6.88. The molecule has 1 fully saturated rings. The molecule has 36 heavy (non-hydrogen) atoms. The predicted molar refractivity (Wildman–Crippen MR) is 120 cm³/mol. The number of halogens is 3. The molecule has 3 atom stereocenters. The summed E-state index contributed by atoms with van der Waals surface area (Å²) in [5.74, 6) is -1.12. The number of ether oxygens (including phenoxy) is 1. The Kier molecular flexibility index (Phi) is 5.03. The van der Waals surface area contributed by atoms with Crippen molar-refractivity contribution in [2.24, 2.45) is 0 Å². The molecule has 2 bridgehead atoms. The highest BCUT2D eigenvalue weighted by molar-refractivity contribution is 7.89. The van der Waals surface area contributed by atoms with Crippen LogP contribution in [0, 0.1) is 11.3 Å². The Morgan fingerprint density at radius 1 is 1.11 bits per heavy atom. The van der Waals surface area contributed by atoms with Gasteiger partial charge in [0.25, 0.3) is 0 Å². The second-order valence-electron chi connectivity index (χ2n) is 9.20. The first-order valence-electron chi connectivity index (χ1n) is 10.8. The van der Waals surface area contributed by atoms with Gasteiger partial charge in [-0.1, -0.05) is 18.2 Å². The number of fused-ring (bicyclic) bond motifs is 5. The molecule has 0 unspecified atom stereocenters. The number of nitrogens with zero attached hydrogens (tertiary/aromatic N) is 2. The number of rotatable bonds is 4. The Morgan fingerprint density at radius 2 is 1.75 bits per heavy atom. The summed E-state index contributed by atoms with van der Waals surface area (Å²) in [6.07, 6.45) is -4.75. The van der Waals surface area contributed by atoms with Crippen molar-refractivity contribution >= 4 is 10.0 Å². The Labute approximate surface area is 204 Å². The average Bonchev–Trinajstić information content (AvgIpc) is 3.33. The molecule has 3 aromatic rings. The molecule has 3 N–H and O–H groups in total. The molecule has 3 heterocycles. The van der Waals surface area contributed by atoms with E-state index in [2.05, 4.69) is 4.72 Å². The van der Waals surface area contributed by atoms with Gasteiger partial charge in [-0.2, -0.15) is 18.4 Å². The van der Waals surface area contributed by atoms with Gasteiger partial charge in [-0.05, 0) is 44.2 Å². The smallest absolute Gasteiger partial charge is 0.417 e. The van der Waals surface area contributed by atoms with E-state index in [0.717, 1.165) is 10.6 Å². The lowest BCUT2D eigenvalue weighted by Crippen LogP contribution is -2.46. The summed E-state index contributed by atoms with van der Waals surface area (Å²) in [5.41, 5.74) is -4.48. The van der Waals surface area contributed by atoms with E-state index >= 15 is 0 Å². The van der Waals surface area contributed by atoms with Crippen molar-refractivity contribution in [2.45, 2.75) is 48.6 Å². The highest BCUT2D eigenvalue weighted by Gasteiger charge is 2.65. The van der Waals surface area contributed by atoms with Gasteiger partial charge in [-0.15, -0.1) is 0 Å². The van der Waals surface area contributed by atoms with Gasteiger partial charge in [0.1, 0.15) is 5.60 Å². The van der Waals surface area contributed by atoms with Gasteiger partial charge in [0.15, 0.2) is 0 Å². The van der Waals surface area contributed by atoms with Crippen LogP contribution in [0.1, 0.15) is 42.5 Å². The number of hydrogen-bond donors (Lipinski definition) is 3. The molecular formula is C24H20F3N3O5S. The molecule has 1 aromatic heterocycles. The van der Waals surface area contributed by atoms with Gasteiger partial charge in [-0.3, -0.25) is 4.57 Å². The van der Waals surface area contributed by atoms with Crippen molar-refractivity contribution in [2.75, 3.05) is 0 Å². The lowest BCUT2D eigenvalue weighted by Gasteiger charge is -2.30. The summed E-state index contributed by atoms with van der Waals surface area (Å²) in [7, 11) is -3.97. The fourth-order valence-corrected chi connectivity index (χ4v) is 6.65. The van der Waals surface area contributed by atoms with Crippen LogP contribution in [0.3, 0.4) is 0 Å². The highest BCUT2D eigenvalue weighted by atomic mass is 32.2. The molecule has 0 saturated carbocycles. The maximum Gasteiger partial charge on any atom is 0.417 e. The van der Waals surface area contributed by atoms with Gasteiger partial charge in [0.2, 0.25) is 21.8 Å². The molecule has 5 rings (SSSR count). The second-order valence-corrected chi connectivity index (χ2v) is 10.9. The van der Waals surface area contributed by atoms with Crippen LogP contribution in [-0.2, 0) is 32.1 Å². The fraction of sp³-hybridized carbons (Fsp3) is 0.292. The Balaban J connectivity index is 1.62. The minimum atomic E-state index is -4.84. The maximum absolute atomic E-state index is 13.5. The topological polar surface area (TPSA) is 125 Å². The van der Waals surface area contributed by atoms with E-state index in [1.54, 1.807) is 32.0 Å². The van der Waals surface area contributed by atoms with Crippen LogP contribution < -0.4 is 4.72 Å². The lowest BCUT2D eigenvalue weighted by molar-refractivity contribution is -0.137. The van der Waals surface area contributed by atoms with Crippen LogP contribution in [0.15, 0.2) is 53.4 Å². The first-order chi connectivity index (χ1) is 16.7. The van der Waals surface area contributed by atoms with Crippen LogP contribution in [0.5, 0.6) is 11.8 Å². The molecule has 12 heteroatoms. The van der Waals surface area contributed by atoms with Crippen molar-refractivity contribution in [1.29, 1.82) is 5.26 Å². The number of aromatic hydroxyl groups is 2. The molecule has 1 saturated heterocycles. The van der Waals surface area contributed by atoms with Gasteiger partial charge < -0.3 is 14.9 Å². The van der Waals surface area contributed by atoms with Crippen molar-refractivity contribution in [3.63, 3.8) is 0 Å². The highest BCUT2D eigenvalue weighted by Crippen LogP contribution is 2.64. The van der Waals surface area contributed by atoms with Gasteiger partial charge in [0, 0.05) is 6.42 Å². The van der Waals surface area contributed by atoms with Crippen LogP contribution in [0.4, 0.5) is 13.2 Å². The van der Waals surface area contributed by atoms with Crippen LogP contribution in [0.25, 0.3) is 5.69 Å². The molecule has 0 amide bonds. The predicted octanol–water partition coefficient (Wildman–Crippen LogP) is 3.99. The van der Waals surface area contributed by atoms with E-state index in [0.29, 0.717) is 6.07 Å². The molecular weight excluding hydrogens is 499 g/mol. The summed E-state index contributed by atoms with van der Waals surface area (Å²) >= 11 is 0. The number of aromatic nitrogens is 1. The van der Waals surface area contributed by atoms with E-state index in [9.17, 15) is 31.8 Å². The Morgan fingerprint density at radius 3 is 2.36 bits per heavy atom. The van der Waals surface area contributed by atoms with Crippen molar-refractivity contribution in [3.05, 3.63) is 70.8 Å². The summed E-state index contributed by atoms with van der Waals surface area (Å²) in [5, 5.41) is 31.2. The number of benzene rings is 2. The van der Waals surface area contributed by atoms with E-state index in [4.69, 9.17) is 10.00 Å². The van der Waals surface area contributed by atoms with E-state index in [1.807, 2.05) is 0 Å². The average molecular weight is 520 g/mol. The molecule has 2 aliphatic rings. The van der Waals surface area contributed by atoms with Crippen LogP contribution >= 0.6 is 0 Å². The molecule has 8 nitrogen and oxygen atoms in total. The number of hydrogen-bond acceptors (Lipinski definition) is 6. The SMILES string of the molecule is C[C@]12C[C@H](NS(=O)(=O)c3ccccc3)[C@](C)(O1)c1c2c(O)n(-c2ccc(C#N)c(C(F)(F)F)c2)c1O. The van der Waals surface area contributed by atoms with Crippen LogP contribution in [-0.4, -0.2) is 29.2 Å². The molecule has 2 aromatic carbocycles. The fourth-order valence-electron chi connectivity index (χ4n) is 5.32. The quantitative estimate of drug-likeness (QED) is 0.479. The van der Waals surface area contributed by atoms with E-state index in [1.165, 1.54) is 24.3 Å². The molecule has 0 radical (unpaired) electrons. The number of nitrogens with one attached hydrogen (secondary N) is 1. The zero-order valence-electron chi connectivity index (χ0n) is 19.0. The van der Waals surface area contributed by atoms with Gasteiger partial charge >= 0.3 is 6.18 Å². The maximum atomic E-state index is 13.5. The van der Waals surface area contributed by atoms with E-state index < -0.39 is 56.3 Å². The molecule has 0 aliphatic carbocycles. The first-order valence-corrected chi connectivity index (χ1v) is 12.3. The van der Waals surface area contributed by atoms with Crippen molar-refractivity contribution < 1.29 is 36.5 Å². The van der Waals surface area contributed by atoms with Gasteiger partial charge in [-0.25, -0.2) is 13.1 Å². The normalized spacial score (nSPS) is 25.1. The summed E-state index contributed by atoms with van der Waals surface area (Å²) in [6, 6.07) is 11.1. The molecule has 0 spiro atoms. The van der Waals surface area contributed by atoms with Crippen LogP contribution in [0.2, 0.25) is 0 Å². The summed E-state index contributed by atoms with van der Waals surface area (Å²) in [6.45, 7) is 3.16. The Bertz CT molecular complexity index is 1550. The molecule has 188 valence electrons. The third-order valence-corrected chi connectivity index (χ3v) is 8.37. The Hall–Kier alpha value is -3.53. The standard InChI is InChI=1S/C24H20F3N3O5S/c1-22-11-17(29-36(33,34)15-6-4-3-5-7-15)23(2,35-22)19-18(22)20(31)30(21(19)32)14-9-8-13(12-28)16(10-14)24(25,26)27/h3-10,17,29,31-32H,11H2,1-2H3/t17-,22+,23-/m0/s1. The number of sulfonamides is 1. The first kappa shape index (κ1) is 24.2. The monoisotopic (exact) mass is 519 g/mol. The zero-order chi connectivity index (χ0) is 26.3. The number of nitriles is 1. The van der Waals surface area contributed by atoms with Crippen molar-refractivity contribution in [3.8, 4) is 23.5 Å². The lowest BCUT2D eigenvalue weighted by atomic mass is 9.77. The number of alkyl halides is 3. The van der Waals surface area contributed by atoms with E-state index in [-0.39, 0.29) is 28.1 Å². The van der Waals surface area contributed by atoms with Gasteiger partial charge in [0.05, 0.1) is 50.5 Å². The molecule has 2 aliphatic heterocycles. The minimum absolute atomic E-state index is 0.0312. The third kappa shape index (κ3) is 3.31. The van der Waals surface area contributed by atoms with Crippen molar-refractivity contribution in [1.82, 2.24) is 9.29 Å². The minimum Gasteiger partial charge on any atom is -0.494 e. The zero-order valence-corrected chi connectivity index (χ0v) is 19.8. The summed E-state index contributed by atoms with van der Waals surface area (Å²) in [4.78, 5) is 0.0312. The second kappa shape index (κ2) is 7.49. The largest absolute Gasteiger partial charge is 0.494 e.